The first-order chi connectivity index (χ1) is 18.7. The third-order valence-electron chi connectivity index (χ3n) is 6.53. The van der Waals surface area contributed by atoms with E-state index in [4.69, 9.17) is 33.5 Å². The lowest BCUT2D eigenvalue weighted by molar-refractivity contribution is -0.268. The highest BCUT2D eigenvalue weighted by Gasteiger charge is 2.43. The monoisotopic (exact) mass is 554 g/mol. The van der Waals surface area contributed by atoms with E-state index in [9.17, 15) is 25.5 Å². The molecule has 0 spiro atoms. The van der Waals surface area contributed by atoms with Gasteiger partial charge >= 0.3 is 0 Å². The summed E-state index contributed by atoms with van der Waals surface area (Å²) >= 11 is 0. The molecule has 1 heterocycles. The molecular formula is C27H38O12. The maximum Gasteiger partial charge on any atom is 0.229 e. The second-order valence-corrected chi connectivity index (χ2v) is 9.15. The summed E-state index contributed by atoms with van der Waals surface area (Å²) in [6.07, 6.45) is -7.64. The van der Waals surface area contributed by atoms with Crippen LogP contribution in [0.2, 0.25) is 0 Å². The zero-order chi connectivity index (χ0) is 28.7. The van der Waals surface area contributed by atoms with Gasteiger partial charge in [0.05, 0.1) is 34.0 Å². The largest absolute Gasteiger partial charge is 0.493 e. The molecule has 6 N–H and O–H groups in total. The van der Waals surface area contributed by atoms with Gasteiger partial charge < -0.3 is 59.1 Å². The molecule has 0 aliphatic carbocycles. The maximum absolute atomic E-state index is 11.1. The summed E-state index contributed by atoms with van der Waals surface area (Å²) in [6, 6.07) is 7.94. The quantitative estimate of drug-likeness (QED) is 0.200. The lowest BCUT2D eigenvalue weighted by Gasteiger charge is -2.39. The van der Waals surface area contributed by atoms with Crippen molar-refractivity contribution in [1.29, 1.82) is 0 Å². The van der Waals surface area contributed by atoms with Crippen LogP contribution in [0.3, 0.4) is 0 Å². The first-order valence-electron chi connectivity index (χ1n) is 12.5. The third-order valence-corrected chi connectivity index (χ3v) is 6.53. The molecule has 2 aromatic carbocycles. The molecule has 12 nitrogen and oxygen atoms in total. The first-order valence-corrected chi connectivity index (χ1v) is 12.5. The fourth-order valence-corrected chi connectivity index (χ4v) is 4.25. The third kappa shape index (κ3) is 7.03. The number of ether oxygens (including phenoxy) is 6. The molecule has 2 aromatic rings. The van der Waals surface area contributed by atoms with Crippen LogP contribution in [0.25, 0.3) is 0 Å². The molecule has 1 saturated heterocycles. The van der Waals surface area contributed by atoms with Gasteiger partial charge in [-0.15, -0.1) is 0 Å². The molecule has 0 aromatic heterocycles. The number of benzene rings is 2. The predicted molar refractivity (Wildman–Crippen MR) is 137 cm³/mol. The first kappa shape index (κ1) is 30.7. The number of rotatable bonds is 13. The van der Waals surface area contributed by atoms with E-state index in [1.165, 1.54) is 46.5 Å². The highest BCUT2D eigenvalue weighted by Crippen LogP contribution is 2.41. The number of hydrogen-bond acceptors (Lipinski definition) is 12. The minimum absolute atomic E-state index is 0.0351. The van der Waals surface area contributed by atoms with Crippen LogP contribution in [0.1, 0.15) is 30.6 Å². The number of methoxy groups -OCH3 is 3. The van der Waals surface area contributed by atoms with Crippen LogP contribution in [0.4, 0.5) is 0 Å². The van der Waals surface area contributed by atoms with Crippen molar-refractivity contribution in [3.8, 4) is 28.7 Å². The van der Waals surface area contributed by atoms with Crippen LogP contribution in [0.5, 0.6) is 28.7 Å². The van der Waals surface area contributed by atoms with Crippen LogP contribution >= 0.6 is 0 Å². The molecule has 1 aliphatic heterocycles. The van der Waals surface area contributed by atoms with Gasteiger partial charge in [-0.25, -0.2) is 0 Å². The number of aliphatic hydroxyl groups is 6. The smallest absolute Gasteiger partial charge is 0.229 e. The Morgan fingerprint density at radius 2 is 1.49 bits per heavy atom. The van der Waals surface area contributed by atoms with Crippen LogP contribution in [0.15, 0.2) is 30.3 Å². The average molecular weight is 555 g/mol. The summed E-state index contributed by atoms with van der Waals surface area (Å²) in [6.45, 7) is 1.02. The summed E-state index contributed by atoms with van der Waals surface area (Å²) in [4.78, 5) is 0. The molecule has 7 atom stereocenters. The van der Waals surface area contributed by atoms with Crippen LogP contribution in [-0.2, 0) is 11.2 Å². The lowest BCUT2D eigenvalue weighted by Crippen LogP contribution is -2.58. The topological polar surface area (TPSA) is 177 Å². The molecule has 0 saturated carbocycles. The molecular weight excluding hydrogens is 516 g/mol. The van der Waals surface area contributed by atoms with Crippen molar-refractivity contribution < 1.29 is 59.1 Å². The highest BCUT2D eigenvalue weighted by molar-refractivity contribution is 5.54. The summed E-state index contributed by atoms with van der Waals surface area (Å²) in [5, 5.41) is 60.5. The van der Waals surface area contributed by atoms with Gasteiger partial charge in [0.25, 0.3) is 0 Å². The van der Waals surface area contributed by atoms with Gasteiger partial charge in [-0.3, -0.25) is 0 Å². The molecule has 1 fully saturated rings. The van der Waals surface area contributed by atoms with Crippen LogP contribution in [0, 0.1) is 0 Å². The Labute approximate surface area is 226 Å². The fourth-order valence-electron chi connectivity index (χ4n) is 4.25. The molecule has 0 radical (unpaired) electrons. The molecule has 2 unspecified atom stereocenters. The fraction of sp³-hybridized carbons (Fsp3) is 0.556. The molecule has 3 rings (SSSR count). The Balaban J connectivity index is 1.82. The lowest BCUT2D eigenvalue weighted by atomic mass is 10.00. The van der Waals surface area contributed by atoms with Crippen molar-refractivity contribution in [2.75, 3.05) is 34.5 Å². The van der Waals surface area contributed by atoms with E-state index in [2.05, 4.69) is 0 Å². The van der Waals surface area contributed by atoms with Crippen molar-refractivity contribution in [2.24, 2.45) is 0 Å². The van der Waals surface area contributed by atoms with E-state index < -0.39 is 49.5 Å². The van der Waals surface area contributed by atoms with Crippen molar-refractivity contribution in [2.45, 2.75) is 62.7 Å². The van der Waals surface area contributed by atoms with E-state index in [1.807, 2.05) is 0 Å². The van der Waals surface area contributed by atoms with Crippen LogP contribution in [-0.4, -0.2) is 102 Å². The average Bonchev–Trinajstić information content (AvgIpc) is 2.95. The minimum Gasteiger partial charge on any atom is -0.493 e. The molecule has 218 valence electrons. The van der Waals surface area contributed by atoms with E-state index in [-0.39, 0.29) is 23.9 Å². The molecule has 1 aliphatic rings. The van der Waals surface area contributed by atoms with E-state index in [0.29, 0.717) is 29.9 Å². The Bertz CT molecular complexity index is 1040. The van der Waals surface area contributed by atoms with Crippen molar-refractivity contribution in [3.05, 3.63) is 41.5 Å². The number of hydrogen-bond donors (Lipinski definition) is 6. The summed E-state index contributed by atoms with van der Waals surface area (Å²) in [7, 11) is 4.30. The molecule has 0 bridgehead atoms. The zero-order valence-electron chi connectivity index (χ0n) is 22.4. The summed E-state index contributed by atoms with van der Waals surface area (Å²) < 4.78 is 33.5. The summed E-state index contributed by atoms with van der Waals surface area (Å²) in [5.41, 5.74) is 1.18. The van der Waals surface area contributed by atoms with E-state index in [1.54, 1.807) is 12.1 Å². The Kier molecular flexibility index (Phi) is 11.0. The van der Waals surface area contributed by atoms with Crippen LogP contribution < -0.4 is 23.7 Å². The van der Waals surface area contributed by atoms with Gasteiger partial charge in [-0.05, 0) is 55.2 Å². The van der Waals surface area contributed by atoms with Crippen molar-refractivity contribution >= 4 is 0 Å². The minimum atomic E-state index is -1.52. The van der Waals surface area contributed by atoms with Gasteiger partial charge in [0.1, 0.15) is 24.4 Å². The number of aryl methyl sites for hydroxylation is 1. The summed E-state index contributed by atoms with van der Waals surface area (Å²) in [5.74, 6) is 1.19. The normalized spacial score (nSPS) is 24.5. The second kappa shape index (κ2) is 14.0. The molecule has 12 heteroatoms. The number of aliphatic hydroxyl groups excluding tert-OH is 6. The predicted octanol–water partition coefficient (Wildman–Crippen LogP) is 0.317. The standard InChI is InChI=1S/C27H38O12/c1-14-22(30)24(32)25(33)27(37-14)39-17-8-7-16(12-18(17)34-2)23(31)21(13-29)38-26-19(35-3)10-15(6-5-9-28)11-20(26)36-4/h7-8,10-12,14,21-25,27-33H,5-6,9,13H2,1-4H3/t14-,21?,22-,23?,24+,25+,27-/m0/s1. The Hall–Kier alpha value is -2.84. The Morgan fingerprint density at radius 1 is 0.846 bits per heavy atom. The van der Waals surface area contributed by atoms with Crippen molar-refractivity contribution in [3.63, 3.8) is 0 Å². The Morgan fingerprint density at radius 3 is 2.05 bits per heavy atom. The maximum atomic E-state index is 11.1. The van der Waals surface area contributed by atoms with Gasteiger partial charge in [-0.2, -0.15) is 0 Å². The second-order valence-electron chi connectivity index (χ2n) is 9.15. The zero-order valence-corrected chi connectivity index (χ0v) is 22.4. The SMILES string of the molecule is COc1cc(C(O)C(CO)Oc2c(OC)cc(CCCO)cc2OC)ccc1O[C@@H]1O[C@@H](C)[C@H](O)[C@@H](O)[C@H]1O. The van der Waals surface area contributed by atoms with E-state index in [0.717, 1.165) is 5.56 Å². The molecule has 0 amide bonds. The highest BCUT2D eigenvalue weighted by atomic mass is 16.7. The molecule has 39 heavy (non-hydrogen) atoms. The van der Waals surface area contributed by atoms with E-state index >= 15 is 0 Å². The van der Waals surface area contributed by atoms with Gasteiger partial charge in [0.2, 0.25) is 12.0 Å². The van der Waals surface area contributed by atoms with Crippen molar-refractivity contribution in [1.82, 2.24) is 0 Å². The van der Waals surface area contributed by atoms with Gasteiger partial charge in [0.15, 0.2) is 29.1 Å². The van der Waals surface area contributed by atoms with Gasteiger partial charge in [0, 0.05) is 6.61 Å². The van der Waals surface area contributed by atoms with Gasteiger partial charge in [-0.1, -0.05) is 6.07 Å².